The number of esters is 1. The fourth-order valence-electron chi connectivity index (χ4n) is 3.84. The molecule has 1 aromatic carbocycles. The van der Waals surface area contributed by atoms with Crippen LogP contribution in [0.3, 0.4) is 0 Å². The number of carboxylic acids is 1. The van der Waals surface area contributed by atoms with Crippen molar-refractivity contribution in [2.24, 2.45) is 11.1 Å². The molecule has 13 nitrogen and oxygen atoms in total. The van der Waals surface area contributed by atoms with Gasteiger partial charge in [0.1, 0.15) is 25.5 Å². The number of thiazole rings is 1. The molecule has 2 fully saturated rings. The fourth-order valence-corrected chi connectivity index (χ4v) is 4.38. The van der Waals surface area contributed by atoms with Crippen LogP contribution in [0.4, 0.5) is 5.13 Å². The number of ether oxygens (including phenoxy) is 1. The van der Waals surface area contributed by atoms with Crippen LogP contribution in [0, 0.1) is 5.92 Å². The van der Waals surface area contributed by atoms with Crippen molar-refractivity contribution >= 4 is 45.9 Å². The molecule has 4 rings (SSSR count). The molecule has 4 N–H and O–H groups in total. The maximum Gasteiger partial charge on any atom is 0.372 e. The third-order valence-electron chi connectivity index (χ3n) is 5.45. The predicted octanol–water partition coefficient (Wildman–Crippen LogP) is -0.0789. The zero-order valence-electron chi connectivity index (χ0n) is 18.4. The number of benzene rings is 1. The number of hydroxylamine groups is 2. The van der Waals surface area contributed by atoms with E-state index in [9.17, 15) is 24.3 Å². The summed E-state index contributed by atoms with van der Waals surface area (Å²) in [7, 11) is 1.23. The maximum atomic E-state index is 13.1. The van der Waals surface area contributed by atoms with Gasteiger partial charge in [-0.1, -0.05) is 35.5 Å². The summed E-state index contributed by atoms with van der Waals surface area (Å²) in [6, 6.07) is 7.72. The Labute approximate surface area is 202 Å². The van der Waals surface area contributed by atoms with Crippen molar-refractivity contribution in [1.29, 1.82) is 0 Å². The number of nitrogens with one attached hydrogen (secondary N) is 1. The predicted molar refractivity (Wildman–Crippen MR) is 120 cm³/mol. The Kier molecular flexibility index (Phi) is 6.66. The minimum Gasteiger partial charge on any atom is -0.477 e. The third-order valence-corrected chi connectivity index (χ3v) is 6.12. The molecule has 2 unspecified atom stereocenters. The number of hydrogen-bond donors (Lipinski definition) is 3. The molecule has 0 saturated carbocycles. The number of rotatable bonds is 8. The van der Waals surface area contributed by atoms with E-state index >= 15 is 0 Å². The van der Waals surface area contributed by atoms with Gasteiger partial charge in [-0.2, -0.15) is 5.06 Å². The Morgan fingerprint density at radius 1 is 1.37 bits per heavy atom. The molecule has 35 heavy (non-hydrogen) atoms. The maximum absolute atomic E-state index is 13.1. The molecular formula is C21H21N5O8S. The number of anilines is 1. The topological polar surface area (TPSA) is 183 Å². The lowest BCUT2D eigenvalue weighted by Gasteiger charge is -2.30. The molecule has 2 aliphatic rings. The van der Waals surface area contributed by atoms with Crippen molar-refractivity contribution in [3.05, 3.63) is 47.0 Å². The average Bonchev–Trinajstić information content (AvgIpc) is 3.51. The van der Waals surface area contributed by atoms with Gasteiger partial charge in [0.05, 0.1) is 5.92 Å². The summed E-state index contributed by atoms with van der Waals surface area (Å²) >= 11 is 1.08. The van der Waals surface area contributed by atoms with Gasteiger partial charge in [0.25, 0.3) is 11.8 Å². The Morgan fingerprint density at radius 2 is 2.11 bits per heavy atom. The van der Waals surface area contributed by atoms with Gasteiger partial charge in [-0.05, 0) is 12.0 Å². The molecule has 0 bridgehead atoms. The number of cyclic esters (lactones) is 1. The molecule has 184 valence electrons. The molecular weight excluding hydrogens is 482 g/mol. The minimum absolute atomic E-state index is 0.130. The van der Waals surface area contributed by atoms with Crippen molar-refractivity contribution in [2.45, 2.75) is 24.6 Å². The molecule has 2 saturated heterocycles. The van der Waals surface area contributed by atoms with Gasteiger partial charge in [-0.25, -0.2) is 9.78 Å². The highest BCUT2D eigenvalue weighted by Crippen LogP contribution is 2.38. The summed E-state index contributed by atoms with van der Waals surface area (Å²) in [6.45, 7) is -0.389. The van der Waals surface area contributed by atoms with Gasteiger partial charge in [0, 0.05) is 11.8 Å². The highest BCUT2D eigenvalue weighted by Gasteiger charge is 2.62. The number of oxime groups is 1. The lowest BCUT2D eigenvalue weighted by Crippen LogP contribution is -2.57. The first-order valence-electron chi connectivity index (χ1n) is 10.4. The van der Waals surface area contributed by atoms with Crippen LogP contribution in [-0.4, -0.2) is 70.1 Å². The Morgan fingerprint density at radius 3 is 2.74 bits per heavy atom. The summed E-state index contributed by atoms with van der Waals surface area (Å²) in [4.78, 5) is 64.6. The molecule has 0 radical (unpaired) electrons. The molecule has 2 aliphatic heterocycles. The number of hydrogen-bond acceptors (Lipinski definition) is 11. The SMILES string of the molecule is CON=C(C(=O)N[C@H]1CON(C2(C(=O)O)CC(Cc3ccccc3)C(=O)O2)C1=O)c1csc(N)n1. The lowest BCUT2D eigenvalue weighted by molar-refractivity contribution is -0.256. The van der Waals surface area contributed by atoms with Gasteiger partial charge in [-0.15, -0.1) is 11.3 Å². The van der Waals surface area contributed by atoms with Crippen LogP contribution >= 0.6 is 11.3 Å². The second-order valence-corrected chi connectivity index (χ2v) is 8.64. The average molecular weight is 503 g/mol. The van der Waals surface area contributed by atoms with Crippen LogP contribution in [0.1, 0.15) is 17.7 Å². The molecule has 0 spiro atoms. The van der Waals surface area contributed by atoms with E-state index in [-0.39, 0.29) is 36.0 Å². The van der Waals surface area contributed by atoms with Crippen LogP contribution in [0.5, 0.6) is 0 Å². The van der Waals surface area contributed by atoms with Crippen LogP contribution in [0.2, 0.25) is 0 Å². The van der Waals surface area contributed by atoms with Crippen molar-refractivity contribution in [3.63, 3.8) is 0 Å². The number of aliphatic carboxylic acids is 1. The fraction of sp³-hybridized carbons (Fsp3) is 0.333. The van der Waals surface area contributed by atoms with Crippen molar-refractivity contribution in [3.8, 4) is 0 Å². The monoisotopic (exact) mass is 503 g/mol. The standard InChI is InChI=1S/C21H21N5O8S/c1-32-25-15(14-10-35-20(22)24-14)16(27)23-13-9-33-26(17(13)28)21(19(30)31)8-12(18(29)34-21)7-11-5-3-2-4-6-11/h2-6,10,12-13H,7-9H2,1H3,(H2,22,24)(H,23,27)(H,30,31)/t12?,13-,21?/m0/s1. The third kappa shape index (κ3) is 4.65. The first kappa shape index (κ1) is 24.1. The quantitative estimate of drug-likeness (QED) is 0.250. The number of carbonyl (C=O) groups is 4. The lowest BCUT2D eigenvalue weighted by atomic mass is 9.93. The molecule has 1 aromatic heterocycles. The zero-order chi connectivity index (χ0) is 25.2. The van der Waals surface area contributed by atoms with Gasteiger partial charge in [0.15, 0.2) is 10.8 Å². The molecule has 3 atom stereocenters. The van der Waals surface area contributed by atoms with E-state index in [0.717, 1.165) is 16.9 Å². The molecule has 3 heterocycles. The number of amides is 2. The van der Waals surface area contributed by atoms with E-state index in [1.54, 1.807) is 24.3 Å². The summed E-state index contributed by atoms with van der Waals surface area (Å²) in [5.41, 5.74) is 3.94. The Bertz CT molecular complexity index is 1190. The molecule has 2 amide bonds. The molecule has 2 aromatic rings. The van der Waals surface area contributed by atoms with Crippen molar-refractivity contribution in [2.75, 3.05) is 19.5 Å². The van der Waals surface area contributed by atoms with E-state index in [0.29, 0.717) is 5.06 Å². The summed E-state index contributed by atoms with van der Waals surface area (Å²) in [6.07, 6.45) is -0.0958. The highest BCUT2D eigenvalue weighted by molar-refractivity contribution is 7.13. The number of aromatic nitrogens is 1. The zero-order valence-corrected chi connectivity index (χ0v) is 19.2. The number of carboxylic acid groups (broad SMARTS) is 1. The first-order chi connectivity index (χ1) is 16.7. The van der Waals surface area contributed by atoms with Crippen molar-refractivity contribution in [1.82, 2.24) is 15.4 Å². The van der Waals surface area contributed by atoms with Crippen LogP contribution in [-0.2, 0) is 40.0 Å². The number of nitrogens with two attached hydrogens (primary N) is 1. The normalized spacial score (nSPS) is 24.4. The van der Waals surface area contributed by atoms with Crippen molar-refractivity contribution < 1.29 is 38.7 Å². The molecule has 0 aliphatic carbocycles. The van der Waals surface area contributed by atoms with Crippen LogP contribution in [0.25, 0.3) is 0 Å². The van der Waals surface area contributed by atoms with E-state index in [1.165, 1.54) is 12.5 Å². The Balaban J connectivity index is 1.50. The Hall–Kier alpha value is -4.04. The summed E-state index contributed by atoms with van der Waals surface area (Å²) in [5, 5.41) is 18.2. The second kappa shape index (κ2) is 9.68. The summed E-state index contributed by atoms with van der Waals surface area (Å²) < 4.78 is 5.22. The van der Waals surface area contributed by atoms with E-state index in [2.05, 4.69) is 15.5 Å². The second-order valence-electron chi connectivity index (χ2n) is 7.75. The smallest absolute Gasteiger partial charge is 0.372 e. The number of nitrogen functional groups attached to an aromatic ring is 1. The van der Waals surface area contributed by atoms with E-state index in [4.69, 9.17) is 20.1 Å². The number of nitrogens with zero attached hydrogens (tertiary/aromatic N) is 3. The minimum atomic E-state index is -2.36. The number of carbonyl (C=O) groups excluding carboxylic acids is 3. The van der Waals surface area contributed by atoms with Gasteiger partial charge in [0.2, 0.25) is 0 Å². The largest absolute Gasteiger partial charge is 0.477 e. The first-order valence-corrected chi connectivity index (χ1v) is 11.2. The van der Waals surface area contributed by atoms with Crippen LogP contribution < -0.4 is 11.1 Å². The van der Waals surface area contributed by atoms with E-state index in [1.807, 2.05) is 6.07 Å². The van der Waals surface area contributed by atoms with Gasteiger partial charge >= 0.3 is 17.7 Å². The van der Waals surface area contributed by atoms with Gasteiger partial charge in [-0.3, -0.25) is 19.2 Å². The van der Waals surface area contributed by atoms with Crippen LogP contribution in [0.15, 0.2) is 40.9 Å². The molecule has 14 heteroatoms. The highest BCUT2D eigenvalue weighted by atomic mass is 32.1. The summed E-state index contributed by atoms with van der Waals surface area (Å²) in [5.74, 6) is -4.87. The van der Waals surface area contributed by atoms with Gasteiger partial charge < -0.3 is 25.7 Å². The van der Waals surface area contributed by atoms with E-state index < -0.39 is 41.4 Å².